The summed E-state index contributed by atoms with van der Waals surface area (Å²) in [4.78, 5) is 14.5. The van der Waals surface area contributed by atoms with E-state index in [1.807, 2.05) is 12.1 Å². The van der Waals surface area contributed by atoms with Crippen molar-refractivity contribution in [3.05, 3.63) is 58.4 Å². The molecule has 1 fully saturated rings. The molecule has 5 nitrogen and oxygen atoms in total. The Labute approximate surface area is 149 Å². The van der Waals surface area contributed by atoms with E-state index in [0.717, 1.165) is 11.8 Å². The van der Waals surface area contributed by atoms with Gasteiger partial charge in [-0.1, -0.05) is 11.6 Å². The molecule has 7 heteroatoms. The maximum atomic E-state index is 14.1. The van der Waals surface area contributed by atoms with E-state index in [0.29, 0.717) is 37.0 Å². The quantitative estimate of drug-likeness (QED) is 0.911. The minimum Gasteiger partial charge on any atom is -0.378 e. The van der Waals surface area contributed by atoms with Gasteiger partial charge in [0.2, 0.25) is 0 Å². The van der Waals surface area contributed by atoms with Crippen LogP contribution in [0.1, 0.15) is 15.9 Å². The third-order valence-corrected chi connectivity index (χ3v) is 4.14. The molecule has 3 rings (SSSR count). The minimum atomic E-state index is -0.744. The standard InChI is InChI=1S/C18H15ClFN3O2/c19-13-2-4-17(23-5-7-25-8-6-23)16(10-13)22-18(24)14-3-1-12(11-21)9-15(14)20/h1-4,9-10H,5-8H2,(H,22,24). The zero-order valence-electron chi connectivity index (χ0n) is 13.3. The lowest BCUT2D eigenvalue weighted by Gasteiger charge is -2.30. The maximum Gasteiger partial charge on any atom is 0.258 e. The SMILES string of the molecule is N#Cc1ccc(C(=O)Nc2cc(Cl)ccc2N2CCOCC2)c(F)c1. The molecule has 2 aromatic carbocycles. The van der Waals surface area contributed by atoms with Crippen molar-refractivity contribution in [1.29, 1.82) is 5.26 Å². The van der Waals surface area contributed by atoms with E-state index in [-0.39, 0.29) is 11.1 Å². The van der Waals surface area contributed by atoms with Crippen LogP contribution in [0.4, 0.5) is 15.8 Å². The molecule has 1 aliphatic rings. The Morgan fingerprint density at radius 3 is 2.68 bits per heavy atom. The van der Waals surface area contributed by atoms with Gasteiger partial charge in [-0.25, -0.2) is 4.39 Å². The van der Waals surface area contributed by atoms with Crippen LogP contribution in [-0.4, -0.2) is 32.2 Å². The van der Waals surface area contributed by atoms with Gasteiger partial charge in [0.05, 0.1) is 41.8 Å². The fraction of sp³-hybridized carbons (Fsp3) is 0.222. The summed E-state index contributed by atoms with van der Waals surface area (Å²) >= 11 is 6.05. The molecule has 0 aliphatic carbocycles. The summed E-state index contributed by atoms with van der Waals surface area (Å²) in [6, 6.07) is 10.8. The fourth-order valence-electron chi connectivity index (χ4n) is 2.65. The zero-order valence-corrected chi connectivity index (χ0v) is 14.0. The average Bonchev–Trinajstić information content (AvgIpc) is 2.62. The summed E-state index contributed by atoms with van der Waals surface area (Å²) in [6.45, 7) is 2.58. The first-order chi connectivity index (χ1) is 12.1. The van der Waals surface area contributed by atoms with E-state index in [2.05, 4.69) is 10.2 Å². The zero-order chi connectivity index (χ0) is 17.8. The van der Waals surface area contributed by atoms with E-state index in [9.17, 15) is 9.18 Å². The number of morpholine rings is 1. The first kappa shape index (κ1) is 17.2. The predicted octanol–water partition coefficient (Wildman–Crippen LogP) is 3.44. The van der Waals surface area contributed by atoms with Gasteiger partial charge in [-0.15, -0.1) is 0 Å². The average molecular weight is 360 g/mol. The lowest BCUT2D eigenvalue weighted by Crippen LogP contribution is -2.36. The van der Waals surface area contributed by atoms with Gasteiger partial charge < -0.3 is 15.0 Å². The van der Waals surface area contributed by atoms with E-state index in [1.165, 1.54) is 12.1 Å². The van der Waals surface area contributed by atoms with E-state index in [1.54, 1.807) is 12.1 Å². The van der Waals surface area contributed by atoms with Crippen LogP contribution in [0.15, 0.2) is 36.4 Å². The Morgan fingerprint density at radius 2 is 2.00 bits per heavy atom. The molecule has 1 saturated heterocycles. The second kappa shape index (κ2) is 7.51. The van der Waals surface area contributed by atoms with Crippen LogP contribution in [0.25, 0.3) is 0 Å². The summed E-state index contributed by atoms with van der Waals surface area (Å²) in [5.74, 6) is -1.34. The first-order valence-corrected chi connectivity index (χ1v) is 8.09. The highest BCUT2D eigenvalue weighted by Gasteiger charge is 2.18. The highest BCUT2D eigenvalue weighted by atomic mass is 35.5. The molecule has 1 N–H and O–H groups in total. The van der Waals surface area contributed by atoms with Crippen LogP contribution < -0.4 is 10.2 Å². The van der Waals surface area contributed by atoms with Gasteiger partial charge in [0.15, 0.2) is 0 Å². The molecule has 0 unspecified atom stereocenters. The van der Waals surface area contributed by atoms with Crippen LogP contribution in [-0.2, 0) is 4.74 Å². The lowest BCUT2D eigenvalue weighted by atomic mass is 10.1. The molecule has 0 radical (unpaired) electrons. The molecule has 0 saturated carbocycles. The second-order valence-electron chi connectivity index (χ2n) is 5.52. The van der Waals surface area contributed by atoms with Gasteiger partial charge in [0, 0.05) is 18.1 Å². The van der Waals surface area contributed by atoms with E-state index in [4.69, 9.17) is 21.6 Å². The topological polar surface area (TPSA) is 65.4 Å². The highest BCUT2D eigenvalue weighted by Crippen LogP contribution is 2.30. The number of nitriles is 1. The third-order valence-electron chi connectivity index (χ3n) is 3.90. The number of hydrogen-bond donors (Lipinski definition) is 1. The van der Waals surface area contributed by atoms with Gasteiger partial charge in [-0.2, -0.15) is 5.26 Å². The van der Waals surface area contributed by atoms with Crippen LogP contribution in [0.3, 0.4) is 0 Å². The van der Waals surface area contributed by atoms with Crippen molar-refractivity contribution in [1.82, 2.24) is 0 Å². The molecule has 2 aromatic rings. The predicted molar refractivity (Wildman–Crippen MR) is 93.6 cm³/mol. The van der Waals surface area contributed by atoms with Gasteiger partial charge in [0.1, 0.15) is 5.82 Å². The fourth-order valence-corrected chi connectivity index (χ4v) is 2.82. The first-order valence-electron chi connectivity index (χ1n) is 7.72. The number of carbonyl (C=O) groups excluding carboxylic acids is 1. The Kier molecular flexibility index (Phi) is 5.17. The molecule has 0 spiro atoms. The third kappa shape index (κ3) is 3.90. The molecule has 0 bridgehead atoms. The molecule has 1 heterocycles. The van der Waals surface area contributed by atoms with Crippen LogP contribution >= 0.6 is 11.6 Å². The van der Waals surface area contributed by atoms with Crippen molar-refractivity contribution in [2.24, 2.45) is 0 Å². The van der Waals surface area contributed by atoms with Gasteiger partial charge in [-0.3, -0.25) is 4.79 Å². The van der Waals surface area contributed by atoms with Crippen molar-refractivity contribution < 1.29 is 13.9 Å². The molecular formula is C18H15ClFN3O2. The summed E-state index contributed by atoms with van der Waals surface area (Å²) in [7, 11) is 0. The van der Waals surface area contributed by atoms with Crippen LogP contribution in [0.5, 0.6) is 0 Å². The Bertz CT molecular complexity index is 845. The second-order valence-corrected chi connectivity index (χ2v) is 5.96. The number of amides is 1. The number of nitrogens with one attached hydrogen (secondary N) is 1. The molecular weight excluding hydrogens is 345 g/mol. The molecule has 1 aliphatic heterocycles. The Balaban J connectivity index is 1.88. The summed E-state index contributed by atoms with van der Waals surface area (Å²) in [5.41, 5.74) is 1.33. The summed E-state index contributed by atoms with van der Waals surface area (Å²) in [5, 5.41) is 12.0. The molecule has 25 heavy (non-hydrogen) atoms. The minimum absolute atomic E-state index is 0.132. The number of hydrogen-bond acceptors (Lipinski definition) is 4. The normalized spacial score (nSPS) is 14.0. The smallest absolute Gasteiger partial charge is 0.258 e. The number of halogens is 2. The monoisotopic (exact) mass is 359 g/mol. The van der Waals surface area contributed by atoms with Gasteiger partial charge in [0.25, 0.3) is 5.91 Å². The molecule has 128 valence electrons. The van der Waals surface area contributed by atoms with Gasteiger partial charge in [-0.05, 0) is 36.4 Å². The number of rotatable bonds is 3. The molecule has 1 amide bonds. The Hall–Kier alpha value is -2.62. The number of benzene rings is 2. The number of anilines is 2. The maximum absolute atomic E-state index is 14.1. The number of nitrogens with zero attached hydrogens (tertiary/aromatic N) is 2. The van der Waals surface area contributed by atoms with Crippen molar-refractivity contribution in [2.75, 3.05) is 36.5 Å². The van der Waals surface area contributed by atoms with E-state index >= 15 is 0 Å². The van der Waals surface area contributed by atoms with Crippen molar-refractivity contribution >= 4 is 28.9 Å². The largest absolute Gasteiger partial charge is 0.378 e. The molecule has 0 atom stereocenters. The van der Waals surface area contributed by atoms with Crippen LogP contribution in [0.2, 0.25) is 5.02 Å². The summed E-state index contributed by atoms with van der Waals surface area (Å²) < 4.78 is 19.4. The highest BCUT2D eigenvalue weighted by molar-refractivity contribution is 6.31. The molecule has 0 aromatic heterocycles. The summed E-state index contributed by atoms with van der Waals surface area (Å²) in [6.07, 6.45) is 0. The van der Waals surface area contributed by atoms with Crippen LogP contribution in [0, 0.1) is 17.1 Å². The van der Waals surface area contributed by atoms with Crippen molar-refractivity contribution in [3.63, 3.8) is 0 Å². The van der Waals surface area contributed by atoms with Crippen molar-refractivity contribution in [3.8, 4) is 6.07 Å². The van der Waals surface area contributed by atoms with E-state index < -0.39 is 11.7 Å². The van der Waals surface area contributed by atoms with Gasteiger partial charge >= 0.3 is 0 Å². The Morgan fingerprint density at radius 1 is 1.24 bits per heavy atom. The number of ether oxygens (including phenoxy) is 1. The lowest BCUT2D eigenvalue weighted by molar-refractivity contribution is 0.102. The van der Waals surface area contributed by atoms with Crippen molar-refractivity contribution in [2.45, 2.75) is 0 Å². The number of carbonyl (C=O) groups is 1.